The molecular weight excluding hydrogens is 295 g/mol. The van der Waals surface area contributed by atoms with E-state index in [0.29, 0.717) is 11.3 Å². The minimum atomic E-state index is -3.37. The number of anilines is 2. The summed E-state index contributed by atoms with van der Waals surface area (Å²) in [5, 5.41) is 0. The first-order valence-electron chi connectivity index (χ1n) is 5.94. The fourth-order valence-electron chi connectivity index (χ4n) is 1.80. The zero-order chi connectivity index (χ0) is 15.6. The first-order chi connectivity index (χ1) is 9.76. The highest BCUT2D eigenvalue weighted by Crippen LogP contribution is 2.19. The number of ketones is 1. The molecule has 0 radical (unpaired) electrons. The molecule has 2 aromatic rings. The van der Waals surface area contributed by atoms with Crippen molar-refractivity contribution in [3.8, 4) is 0 Å². The third kappa shape index (κ3) is 3.79. The van der Waals surface area contributed by atoms with E-state index in [4.69, 9.17) is 5.73 Å². The van der Waals surface area contributed by atoms with Gasteiger partial charge in [0.1, 0.15) is 5.82 Å². The summed E-state index contributed by atoms with van der Waals surface area (Å²) in [5.74, 6) is -0.879. The maximum atomic E-state index is 13.0. The minimum Gasteiger partial charge on any atom is -0.398 e. The van der Waals surface area contributed by atoms with E-state index in [0.717, 1.165) is 18.4 Å². The van der Waals surface area contributed by atoms with Gasteiger partial charge in [0.15, 0.2) is 5.78 Å². The number of sulfonamides is 1. The van der Waals surface area contributed by atoms with Crippen LogP contribution in [-0.4, -0.2) is 20.5 Å². The van der Waals surface area contributed by atoms with Crippen LogP contribution in [0.15, 0.2) is 42.5 Å². The van der Waals surface area contributed by atoms with Crippen molar-refractivity contribution in [2.45, 2.75) is 0 Å². The molecule has 0 bridgehead atoms. The second-order valence-electron chi connectivity index (χ2n) is 4.51. The Morgan fingerprint density at radius 2 is 1.76 bits per heavy atom. The van der Waals surface area contributed by atoms with Crippen LogP contribution in [-0.2, 0) is 10.0 Å². The van der Waals surface area contributed by atoms with E-state index >= 15 is 0 Å². The molecule has 0 fully saturated rings. The Hall–Kier alpha value is -2.41. The Morgan fingerprint density at radius 1 is 1.14 bits per heavy atom. The highest BCUT2D eigenvalue weighted by molar-refractivity contribution is 7.92. The third-order valence-electron chi connectivity index (χ3n) is 2.71. The molecule has 3 N–H and O–H groups in total. The largest absolute Gasteiger partial charge is 0.398 e. The zero-order valence-corrected chi connectivity index (χ0v) is 11.9. The van der Waals surface area contributed by atoms with Crippen LogP contribution in [0, 0.1) is 5.82 Å². The minimum absolute atomic E-state index is 0.0540. The Labute approximate surface area is 121 Å². The van der Waals surface area contributed by atoms with E-state index in [1.807, 2.05) is 0 Å². The van der Waals surface area contributed by atoms with Crippen molar-refractivity contribution in [3.05, 3.63) is 59.4 Å². The number of carbonyl (C=O) groups excluding carboxylic acids is 1. The molecule has 0 aromatic heterocycles. The molecular formula is C14H13FN2O3S. The third-order valence-corrected chi connectivity index (χ3v) is 3.32. The maximum Gasteiger partial charge on any atom is 0.229 e. The number of nitrogen functional groups attached to an aromatic ring is 1. The Balaban J connectivity index is 2.28. The van der Waals surface area contributed by atoms with Gasteiger partial charge in [0.2, 0.25) is 10.0 Å². The van der Waals surface area contributed by atoms with Gasteiger partial charge in [-0.3, -0.25) is 9.52 Å². The summed E-state index contributed by atoms with van der Waals surface area (Å²) in [6, 6.07) is 9.42. The van der Waals surface area contributed by atoms with Gasteiger partial charge in [0.25, 0.3) is 0 Å². The number of nitrogens with one attached hydrogen (secondary N) is 1. The topological polar surface area (TPSA) is 89.3 Å². The zero-order valence-electron chi connectivity index (χ0n) is 11.1. The number of benzene rings is 2. The summed E-state index contributed by atoms with van der Waals surface area (Å²) >= 11 is 0. The van der Waals surface area contributed by atoms with Crippen LogP contribution < -0.4 is 10.5 Å². The molecule has 2 aromatic carbocycles. The predicted octanol–water partition coefficient (Wildman–Crippen LogP) is 2.01. The van der Waals surface area contributed by atoms with Crippen molar-refractivity contribution in [2.75, 3.05) is 16.7 Å². The Kier molecular flexibility index (Phi) is 3.95. The van der Waals surface area contributed by atoms with Gasteiger partial charge in [0.05, 0.1) is 6.26 Å². The average molecular weight is 308 g/mol. The van der Waals surface area contributed by atoms with E-state index < -0.39 is 15.8 Å². The van der Waals surface area contributed by atoms with Crippen LogP contribution in [0.5, 0.6) is 0 Å². The lowest BCUT2D eigenvalue weighted by atomic mass is 10.0. The van der Waals surface area contributed by atoms with Crippen LogP contribution in [0.3, 0.4) is 0 Å². The van der Waals surface area contributed by atoms with Crippen molar-refractivity contribution in [1.29, 1.82) is 0 Å². The molecule has 0 amide bonds. The molecule has 7 heteroatoms. The lowest BCUT2D eigenvalue weighted by Crippen LogP contribution is -2.10. The van der Waals surface area contributed by atoms with Crippen molar-refractivity contribution in [2.24, 2.45) is 0 Å². The standard InChI is InChI=1S/C14H13FN2O3S/c1-21(19,20)17-11-5-2-9(3-6-11)14(18)12-7-4-10(15)8-13(12)16/h2-8,17H,16H2,1H3. The Morgan fingerprint density at radius 3 is 2.29 bits per heavy atom. The molecule has 0 spiro atoms. The highest BCUT2D eigenvalue weighted by atomic mass is 32.2. The van der Waals surface area contributed by atoms with Gasteiger partial charge in [-0.15, -0.1) is 0 Å². The van der Waals surface area contributed by atoms with Crippen LogP contribution >= 0.6 is 0 Å². The molecule has 21 heavy (non-hydrogen) atoms. The highest BCUT2D eigenvalue weighted by Gasteiger charge is 2.13. The van der Waals surface area contributed by atoms with Gasteiger partial charge in [0, 0.05) is 22.5 Å². The second kappa shape index (κ2) is 5.53. The van der Waals surface area contributed by atoms with Crippen LogP contribution in [0.2, 0.25) is 0 Å². The van der Waals surface area contributed by atoms with Gasteiger partial charge in [-0.25, -0.2) is 12.8 Å². The first kappa shape index (κ1) is 15.0. The van der Waals surface area contributed by atoms with Gasteiger partial charge < -0.3 is 5.73 Å². The molecule has 0 saturated heterocycles. The van der Waals surface area contributed by atoms with Crippen LogP contribution in [0.25, 0.3) is 0 Å². The molecule has 0 atom stereocenters. The molecule has 0 aliphatic carbocycles. The molecule has 0 saturated carbocycles. The molecule has 0 heterocycles. The molecule has 2 rings (SSSR count). The van der Waals surface area contributed by atoms with Crippen molar-refractivity contribution >= 4 is 27.2 Å². The monoisotopic (exact) mass is 308 g/mol. The summed E-state index contributed by atoms with van der Waals surface area (Å²) in [5.41, 5.74) is 6.54. The summed E-state index contributed by atoms with van der Waals surface area (Å²) in [7, 11) is -3.37. The van der Waals surface area contributed by atoms with E-state index in [1.165, 1.54) is 30.3 Å². The lowest BCUT2D eigenvalue weighted by molar-refractivity contribution is 0.103. The molecule has 0 unspecified atom stereocenters. The SMILES string of the molecule is CS(=O)(=O)Nc1ccc(C(=O)c2ccc(F)cc2N)cc1. The quantitative estimate of drug-likeness (QED) is 0.668. The number of nitrogens with two attached hydrogens (primary N) is 1. The van der Waals surface area contributed by atoms with E-state index in [9.17, 15) is 17.6 Å². The van der Waals surface area contributed by atoms with Crippen molar-refractivity contribution < 1.29 is 17.6 Å². The molecule has 0 aliphatic rings. The first-order valence-corrected chi connectivity index (χ1v) is 7.83. The fraction of sp³-hybridized carbons (Fsp3) is 0.0714. The van der Waals surface area contributed by atoms with Gasteiger partial charge in [-0.05, 0) is 42.5 Å². The number of rotatable bonds is 4. The average Bonchev–Trinajstić information content (AvgIpc) is 2.37. The fourth-order valence-corrected chi connectivity index (χ4v) is 2.36. The summed E-state index contributed by atoms with van der Waals surface area (Å²) in [4.78, 5) is 12.2. The molecule has 5 nitrogen and oxygen atoms in total. The smallest absolute Gasteiger partial charge is 0.229 e. The number of hydrogen-bond donors (Lipinski definition) is 2. The van der Waals surface area contributed by atoms with E-state index in [-0.39, 0.29) is 17.0 Å². The summed E-state index contributed by atoms with van der Waals surface area (Å²) in [6.07, 6.45) is 1.03. The van der Waals surface area contributed by atoms with E-state index in [1.54, 1.807) is 0 Å². The summed E-state index contributed by atoms with van der Waals surface area (Å²) in [6.45, 7) is 0. The van der Waals surface area contributed by atoms with Gasteiger partial charge >= 0.3 is 0 Å². The summed E-state index contributed by atoms with van der Waals surface area (Å²) < 4.78 is 37.4. The molecule has 110 valence electrons. The van der Waals surface area contributed by atoms with Gasteiger partial charge in [-0.1, -0.05) is 0 Å². The van der Waals surface area contributed by atoms with E-state index in [2.05, 4.69) is 4.72 Å². The normalized spacial score (nSPS) is 11.1. The molecule has 0 aliphatic heterocycles. The maximum absolute atomic E-state index is 13.0. The lowest BCUT2D eigenvalue weighted by Gasteiger charge is -2.07. The van der Waals surface area contributed by atoms with Crippen molar-refractivity contribution in [1.82, 2.24) is 0 Å². The van der Waals surface area contributed by atoms with Crippen LogP contribution in [0.1, 0.15) is 15.9 Å². The van der Waals surface area contributed by atoms with Crippen LogP contribution in [0.4, 0.5) is 15.8 Å². The predicted molar refractivity (Wildman–Crippen MR) is 79.2 cm³/mol. The Bertz CT molecular complexity index is 786. The second-order valence-corrected chi connectivity index (χ2v) is 6.26. The van der Waals surface area contributed by atoms with Gasteiger partial charge in [-0.2, -0.15) is 0 Å². The number of hydrogen-bond acceptors (Lipinski definition) is 4. The van der Waals surface area contributed by atoms with Crippen molar-refractivity contribution in [3.63, 3.8) is 0 Å². The number of carbonyl (C=O) groups is 1. The number of halogens is 1.